The summed E-state index contributed by atoms with van der Waals surface area (Å²) < 4.78 is 5.93. The van der Waals surface area contributed by atoms with Crippen LogP contribution >= 0.6 is 0 Å². The maximum absolute atomic E-state index is 10.9. The van der Waals surface area contributed by atoms with E-state index in [1.165, 1.54) is 49.2 Å². The number of ether oxygens (including phenoxy) is 1. The van der Waals surface area contributed by atoms with Crippen molar-refractivity contribution < 1.29 is 20.1 Å². The molecule has 3 N–H and O–H groups in total. The maximum atomic E-state index is 10.9. The molecular formula is C35H48N2O4. The fraction of sp³-hybridized carbons (Fsp3) is 0.486. The highest BCUT2D eigenvalue weighted by Crippen LogP contribution is 2.24. The van der Waals surface area contributed by atoms with Gasteiger partial charge in [-0.3, -0.25) is 4.90 Å². The summed E-state index contributed by atoms with van der Waals surface area (Å²) in [6.07, 6.45) is 8.60. The summed E-state index contributed by atoms with van der Waals surface area (Å²) in [7, 11) is 0. The summed E-state index contributed by atoms with van der Waals surface area (Å²) in [5.41, 5.74) is 5.05. The Labute approximate surface area is 246 Å². The third kappa shape index (κ3) is 10.5. The van der Waals surface area contributed by atoms with Gasteiger partial charge in [0.2, 0.25) is 0 Å². The lowest BCUT2D eigenvalue weighted by molar-refractivity contribution is 0.107. The lowest BCUT2D eigenvalue weighted by Gasteiger charge is -2.28. The van der Waals surface area contributed by atoms with Crippen molar-refractivity contribution in [3.05, 3.63) is 95.1 Å². The Bertz CT molecular complexity index is 1130. The average Bonchev–Trinajstić information content (AvgIpc) is 3.01. The number of rotatable bonds is 17. The Morgan fingerprint density at radius 3 is 2.32 bits per heavy atom. The maximum Gasteiger partial charge on any atom is 0.121 e. The minimum Gasteiger partial charge on any atom is -0.508 e. The second-order valence-corrected chi connectivity index (χ2v) is 11.3. The number of hydrogen-bond donors (Lipinski definition) is 3. The molecule has 3 aromatic rings. The molecule has 6 nitrogen and oxygen atoms in total. The largest absolute Gasteiger partial charge is 0.508 e. The molecule has 1 atom stereocenters. The zero-order chi connectivity index (χ0) is 28.7. The van der Waals surface area contributed by atoms with E-state index in [-0.39, 0.29) is 12.4 Å². The predicted octanol–water partition coefficient (Wildman–Crippen LogP) is 6.23. The van der Waals surface area contributed by atoms with Gasteiger partial charge in [0.15, 0.2) is 0 Å². The number of hydrogen-bond acceptors (Lipinski definition) is 6. The van der Waals surface area contributed by atoms with Gasteiger partial charge >= 0.3 is 0 Å². The van der Waals surface area contributed by atoms with Gasteiger partial charge in [-0.15, -0.1) is 0 Å². The number of aliphatic hydroxyl groups excluding tert-OH is 2. The first-order valence-electron chi connectivity index (χ1n) is 15.4. The monoisotopic (exact) mass is 560 g/mol. The molecule has 3 aromatic carbocycles. The molecule has 0 radical (unpaired) electrons. The number of benzene rings is 3. The molecule has 1 aliphatic heterocycles. The fourth-order valence-electron chi connectivity index (χ4n) is 5.58. The molecule has 0 bridgehead atoms. The molecule has 222 valence electrons. The van der Waals surface area contributed by atoms with Crippen LogP contribution in [0.4, 0.5) is 5.69 Å². The molecule has 1 unspecified atom stereocenters. The van der Waals surface area contributed by atoms with Crippen LogP contribution in [0, 0.1) is 0 Å². The van der Waals surface area contributed by atoms with Gasteiger partial charge in [0, 0.05) is 44.0 Å². The normalized spacial score (nSPS) is 14.5. The van der Waals surface area contributed by atoms with Crippen molar-refractivity contribution in [1.82, 2.24) is 4.90 Å². The summed E-state index contributed by atoms with van der Waals surface area (Å²) in [6, 6.07) is 24.3. The second kappa shape index (κ2) is 17.1. The van der Waals surface area contributed by atoms with Gasteiger partial charge in [-0.1, -0.05) is 61.4 Å². The number of aromatic hydroxyl groups is 1. The smallest absolute Gasteiger partial charge is 0.121 e. The Morgan fingerprint density at radius 2 is 1.56 bits per heavy atom. The minimum atomic E-state index is -0.695. The average molecular weight is 561 g/mol. The molecule has 6 heteroatoms. The molecule has 41 heavy (non-hydrogen) atoms. The van der Waals surface area contributed by atoms with Crippen molar-refractivity contribution in [2.45, 2.75) is 70.6 Å². The molecule has 1 saturated heterocycles. The third-order valence-electron chi connectivity index (χ3n) is 8.04. The van der Waals surface area contributed by atoms with Crippen LogP contribution in [0.15, 0.2) is 72.8 Å². The van der Waals surface area contributed by atoms with E-state index in [2.05, 4.69) is 46.2 Å². The standard InChI is InChI=1S/C35H48N2O4/c38-28-32-25-31(15-18-34(32)39)35(40)27-36(26-30-11-5-3-6-12-30)20-7-1-2-10-23-41-24-19-29-13-16-33(17-14-29)37-21-8-4-9-22-37/h3,5-6,11-18,25,35,38-40H,1-2,4,7-10,19-24,26-28H2. The van der Waals surface area contributed by atoms with Crippen LogP contribution in [0.5, 0.6) is 5.75 Å². The Hall–Kier alpha value is -2.90. The number of nitrogens with zero attached hydrogens (tertiary/aromatic N) is 2. The molecule has 4 rings (SSSR count). The van der Waals surface area contributed by atoms with E-state index in [1.807, 2.05) is 18.2 Å². The van der Waals surface area contributed by atoms with Crippen molar-refractivity contribution in [2.75, 3.05) is 44.3 Å². The van der Waals surface area contributed by atoms with Gasteiger partial charge in [0.25, 0.3) is 0 Å². The Morgan fingerprint density at radius 1 is 0.805 bits per heavy atom. The summed E-state index contributed by atoms with van der Waals surface area (Å²) in [6.45, 7) is 5.83. The summed E-state index contributed by atoms with van der Waals surface area (Å²) in [4.78, 5) is 4.79. The predicted molar refractivity (Wildman–Crippen MR) is 166 cm³/mol. The van der Waals surface area contributed by atoms with Crippen LogP contribution in [-0.2, 0) is 24.3 Å². The van der Waals surface area contributed by atoms with Gasteiger partial charge in [-0.25, -0.2) is 0 Å². The van der Waals surface area contributed by atoms with Crippen molar-refractivity contribution in [3.63, 3.8) is 0 Å². The molecule has 0 aliphatic carbocycles. The highest BCUT2D eigenvalue weighted by Gasteiger charge is 2.16. The zero-order valence-electron chi connectivity index (χ0n) is 24.5. The van der Waals surface area contributed by atoms with E-state index in [4.69, 9.17) is 4.74 Å². The highest BCUT2D eigenvalue weighted by atomic mass is 16.5. The number of anilines is 1. The zero-order valence-corrected chi connectivity index (χ0v) is 24.5. The van der Waals surface area contributed by atoms with Gasteiger partial charge in [-0.05, 0) is 86.0 Å². The quantitative estimate of drug-likeness (QED) is 0.170. The van der Waals surface area contributed by atoms with Gasteiger partial charge < -0.3 is 25.0 Å². The van der Waals surface area contributed by atoms with Crippen molar-refractivity contribution in [2.24, 2.45) is 0 Å². The van der Waals surface area contributed by atoms with Crippen LogP contribution in [0.25, 0.3) is 0 Å². The van der Waals surface area contributed by atoms with Gasteiger partial charge in [0.05, 0.1) is 19.3 Å². The lowest BCUT2D eigenvalue weighted by atomic mass is 10.0. The molecule has 0 aromatic heterocycles. The molecule has 0 amide bonds. The number of phenols is 1. The fourth-order valence-corrected chi connectivity index (χ4v) is 5.58. The molecule has 1 aliphatic rings. The van der Waals surface area contributed by atoms with E-state index < -0.39 is 6.10 Å². The van der Waals surface area contributed by atoms with Gasteiger partial charge in [-0.2, -0.15) is 0 Å². The van der Waals surface area contributed by atoms with E-state index in [9.17, 15) is 15.3 Å². The molecule has 1 heterocycles. The Balaban J connectivity index is 1.13. The highest BCUT2D eigenvalue weighted by molar-refractivity contribution is 5.48. The van der Waals surface area contributed by atoms with E-state index >= 15 is 0 Å². The first-order valence-corrected chi connectivity index (χ1v) is 15.4. The number of unbranched alkanes of at least 4 members (excludes halogenated alkanes) is 3. The van der Waals surface area contributed by atoms with Crippen LogP contribution in [0.2, 0.25) is 0 Å². The number of aliphatic hydroxyl groups is 2. The number of piperidine rings is 1. The van der Waals surface area contributed by atoms with Crippen LogP contribution in [0.3, 0.4) is 0 Å². The molecule has 0 saturated carbocycles. The topological polar surface area (TPSA) is 76.4 Å². The first kappa shape index (κ1) is 31.0. The summed E-state index contributed by atoms with van der Waals surface area (Å²) >= 11 is 0. The second-order valence-electron chi connectivity index (χ2n) is 11.3. The van der Waals surface area contributed by atoms with Crippen LogP contribution in [-0.4, -0.2) is 59.6 Å². The summed E-state index contributed by atoms with van der Waals surface area (Å²) in [5, 5.41) is 30.3. The van der Waals surface area contributed by atoms with E-state index in [0.29, 0.717) is 17.7 Å². The van der Waals surface area contributed by atoms with Crippen molar-refractivity contribution >= 4 is 5.69 Å². The summed E-state index contributed by atoms with van der Waals surface area (Å²) in [5.74, 6) is 0.0513. The van der Waals surface area contributed by atoms with E-state index in [1.54, 1.807) is 18.2 Å². The molecule has 0 spiro atoms. The van der Waals surface area contributed by atoms with Gasteiger partial charge in [0.1, 0.15) is 5.75 Å². The Kier molecular flexibility index (Phi) is 13.0. The van der Waals surface area contributed by atoms with Crippen LogP contribution in [0.1, 0.15) is 73.3 Å². The SMILES string of the molecule is OCc1cc(C(O)CN(CCCCCCOCCc2ccc(N3CCCCC3)cc2)Cc2ccccc2)ccc1O. The lowest BCUT2D eigenvalue weighted by Crippen LogP contribution is -2.29. The van der Waals surface area contributed by atoms with E-state index in [0.717, 1.165) is 58.4 Å². The van der Waals surface area contributed by atoms with Crippen molar-refractivity contribution in [1.29, 1.82) is 0 Å². The molecular weight excluding hydrogens is 512 g/mol. The van der Waals surface area contributed by atoms with Crippen molar-refractivity contribution in [3.8, 4) is 5.75 Å². The minimum absolute atomic E-state index is 0.0513. The first-order chi connectivity index (χ1) is 20.1. The third-order valence-corrected chi connectivity index (χ3v) is 8.04. The molecule has 1 fully saturated rings. The van der Waals surface area contributed by atoms with Crippen LogP contribution < -0.4 is 4.90 Å².